The Hall–Kier alpha value is -1.43. The Morgan fingerprint density at radius 3 is 2.63 bits per heavy atom. The van der Waals surface area contributed by atoms with Crippen molar-refractivity contribution in [1.29, 1.82) is 0 Å². The van der Waals surface area contributed by atoms with E-state index >= 15 is 0 Å². The number of rotatable bonds is 5. The van der Waals surface area contributed by atoms with Crippen molar-refractivity contribution in [2.24, 2.45) is 0 Å². The smallest absolute Gasteiger partial charge is 0.488 e. The van der Waals surface area contributed by atoms with Crippen molar-refractivity contribution >= 4 is 24.3 Å². The second-order valence-corrected chi connectivity index (χ2v) is 5.08. The average Bonchev–Trinajstić information content (AvgIpc) is 2.45. The van der Waals surface area contributed by atoms with Crippen molar-refractivity contribution < 1.29 is 14.8 Å². The molecular formula is C14H15BO3S. The van der Waals surface area contributed by atoms with Gasteiger partial charge in [-0.15, -0.1) is 11.8 Å². The van der Waals surface area contributed by atoms with Gasteiger partial charge in [-0.25, -0.2) is 0 Å². The third kappa shape index (κ3) is 3.77. The predicted molar refractivity (Wildman–Crippen MR) is 78.8 cm³/mol. The first-order chi connectivity index (χ1) is 9.20. The Morgan fingerprint density at radius 1 is 1.11 bits per heavy atom. The van der Waals surface area contributed by atoms with Crippen LogP contribution in [0.5, 0.6) is 5.75 Å². The molecule has 0 heterocycles. The van der Waals surface area contributed by atoms with Gasteiger partial charge in [-0.3, -0.25) is 0 Å². The summed E-state index contributed by atoms with van der Waals surface area (Å²) in [5.41, 5.74) is 1.56. The highest BCUT2D eigenvalue weighted by molar-refractivity contribution is 7.98. The summed E-state index contributed by atoms with van der Waals surface area (Å²) < 4.78 is 5.29. The Kier molecular flexibility index (Phi) is 4.90. The van der Waals surface area contributed by atoms with Crippen LogP contribution in [0.1, 0.15) is 5.56 Å². The first-order valence-electron chi connectivity index (χ1n) is 5.91. The zero-order valence-electron chi connectivity index (χ0n) is 10.6. The largest absolute Gasteiger partial charge is 0.496 e. The fourth-order valence-electron chi connectivity index (χ4n) is 1.74. The summed E-state index contributed by atoms with van der Waals surface area (Å²) in [6.45, 7) is 0. The molecule has 19 heavy (non-hydrogen) atoms. The minimum Gasteiger partial charge on any atom is -0.496 e. The van der Waals surface area contributed by atoms with E-state index in [0.717, 1.165) is 22.0 Å². The molecule has 0 atom stereocenters. The second kappa shape index (κ2) is 6.66. The highest BCUT2D eigenvalue weighted by atomic mass is 32.2. The molecule has 2 N–H and O–H groups in total. The third-order valence-corrected chi connectivity index (χ3v) is 3.84. The Labute approximate surface area is 117 Å². The molecule has 2 aromatic rings. The fourth-order valence-corrected chi connectivity index (χ4v) is 2.71. The maximum atomic E-state index is 9.14. The number of hydrogen-bond donors (Lipinski definition) is 2. The fraction of sp³-hybridized carbons (Fsp3) is 0.143. The van der Waals surface area contributed by atoms with E-state index in [9.17, 15) is 0 Å². The van der Waals surface area contributed by atoms with Crippen molar-refractivity contribution in [3.8, 4) is 5.75 Å². The summed E-state index contributed by atoms with van der Waals surface area (Å²) in [6, 6.07) is 15.1. The summed E-state index contributed by atoms with van der Waals surface area (Å²) in [7, 11) is 0.235. The first kappa shape index (κ1) is 14.0. The van der Waals surface area contributed by atoms with E-state index in [-0.39, 0.29) is 0 Å². The van der Waals surface area contributed by atoms with Crippen LogP contribution < -0.4 is 10.2 Å². The topological polar surface area (TPSA) is 49.7 Å². The first-order valence-corrected chi connectivity index (χ1v) is 6.90. The Morgan fingerprint density at radius 2 is 1.89 bits per heavy atom. The maximum absolute atomic E-state index is 9.14. The van der Waals surface area contributed by atoms with Crippen molar-refractivity contribution in [3.63, 3.8) is 0 Å². The number of hydrogen-bond acceptors (Lipinski definition) is 4. The van der Waals surface area contributed by atoms with Gasteiger partial charge < -0.3 is 14.8 Å². The minimum absolute atomic E-state index is 0.512. The third-order valence-electron chi connectivity index (χ3n) is 2.71. The zero-order chi connectivity index (χ0) is 13.7. The van der Waals surface area contributed by atoms with Gasteiger partial charge in [0.25, 0.3) is 0 Å². The van der Waals surface area contributed by atoms with E-state index in [1.165, 1.54) is 0 Å². The van der Waals surface area contributed by atoms with E-state index in [1.54, 1.807) is 31.0 Å². The number of para-hydroxylation sites is 1. The van der Waals surface area contributed by atoms with E-state index < -0.39 is 7.12 Å². The molecule has 3 nitrogen and oxygen atoms in total. The predicted octanol–water partition coefficient (Wildman–Crippen LogP) is 1.67. The average molecular weight is 274 g/mol. The quantitative estimate of drug-likeness (QED) is 0.643. The molecule has 0 amide bonds. The van der Waals surface area contributed by atoms with Crippen LogP contribution in [0.4, 0.5) is 0 Å². The van der Waals surface area contributed by atoms with E-state index in [0.29, 0.717) is 5.46 Å². The summed E-state index contributed by atoms with van der Waals surface area (Å²) in [5, 5.41) is 18.3. The lowest BCUT2D eigenvalue weighted by Gasteiger charge is -2.08. The lowest BCUT2D eigenvalue weighted by molar-refractivity contribution is 0.405. The van der Waals surface area contributed by atoms with Gasteiger partial charge in [-0.1, -0.05) is 36.4 Å². The lowest BCUT2D eigenvalue weighted by Crippen LogP contribution is -2.29. The molecule has 0 fully saturated rings. The molecule has 0 aliphatic carbocycles. The molecule has 0 radical (unpaired) electrons. The van der Waals surface area contributed by atoms with Gasteiger partial charge in [0.05, 0.1) is 7.11 Å². The van der Waals surface area contributed by atoms with Gasteiger partial charge in [0.15, 0.2) is 0 Å². The SMILES string of the molecule is COc1ccccc1SCc1cccc(B(O)O)c1. The van der Waals surface area contributed by atoms with E-state index in [2.05, 4.69) is 0 Å². The Balaban J connectivity index is 2.08. The number of thioether (sulfide) groups is 1. The number of ether oxygens (including phenoxy) is 1. The van der Waals surface area contributed by atoms with Crippen molar-refractivity contribution in [3.05, 3.63) is 54.1 Å². The van der Waals surface area contributed by atoms with Gasteiger partial charge in [-0.05, 0) is 23.2 Å². The standard InChI is InChI=1S/C14H15BO3S/c1-18-13-7-2-3-8-14(13)19-10-11-5-4-6-12(9-11)15(16)17/h2-9,16-17H,10H2,1H3. The van der Waals surface area contributed by atoms with Gasteiger partial charge in [0.2, 0.25) is 0 Å². The van der Waals surface area contributed by atoms with Crippen LogP contribution in [-0.4, -0.2) is 24.3 Å². The molecular weight excluding hydrogens is 259 g/mol. The van der Waals surface area contributed by atoms with Crippen LogP contribution >= 0.6 is 11.8 Å². The van der Waals surface area contributed by atoms with Crippen molar-refractivity contribution in [1.82, 2.24) is 0 Å². The summed E-state index contributed by atoms with van der Waals surface area (Å²) >= 11 is 1.66. The molecule has 0 aliphatic rings. The molecule has 0 aliphatic heterocycles. The molecule has 0 bridgehead atoms. The monoisotopic (exact) mass is 274 g/mol. The van der Waals surface area contributed by atoms with Gasteiger partial charge in [-0.2, -0.15) is 0 Å². The minimum atomic E-state index is -1.42. The number of benzene rings is 2. The molecule has 0 aromatic heterocycles. The van der Waals surface area contributed by atoms with Crippen LogP contribution in [0.2, 0.25) is 0 Å². The summed E-state index contributed by atoms with van der Waals surface area (Å²) in [5.74, 6) is 1.60. The van der Waals surface area contributed by atoms with Gasteiger partial charge >= 0.3 is 7.12 Å². The molecule has 2 rings (SSSR count). The summed E-state index contributed by atoms with van der Waals surface area (Å²) in [6.07, 6.45) is 0. The van der Waals surface area contributed by atoms with E-state index in [1.807, 2.05) is 36.4 Å². The molecule has 98 valence electrons. The molecule has 0 saturated carbocycles. The molecule has 2 aromatic carbocycles. The van der Waals surface area contributed by atoms with Crippen LogP contribution in [0.15, 0.2) is 53.4 Å². The van der Waals surface area contributed by atoms with Gasteiger partial charge in [0.1, 0.15) is 5.75 Å². The highest BCUT2D eigenvalue weighted by Crippen LogP contribution is 2.30. The summed E-state index contributed by atoms with van der Waals surface area (Å²) in [4.78, 5) is 1.07. The molecule has 0 saturated heterocycles. The van der Waals surface area contributed by atoms with Crippen molar-refractivity contribution in [2.45, 2.75) is 10.6 Å². The zero-order valence-corrected chi connectivity index (χ0v) is 11.4. The van der Waals surface area contributed by atoms with Crippen LogP contribution in [0.3, 0.4) is 0 Å². The molecule has 0 unspecified atom stereocenters. The van der Waals surface area contributed by atoms with Crippen molar-refractivity contribution in [2.75, 3.05) is 7.11 Å². The lowest BCUT2D eigenvalue weighted by atomic mass is 9.80. The molecule has 0 spiro atoms. The number of methoxy groups -OCH3 is 1. The molecule has 5 heteroatoms. The highest BCUT2D eigenvalue weighted by Gasteiger charge is 2.11. The second-order valence-electron chi connectivity index (χ2n) is 4.06. The van der Waals surface area contributed by atoms with Crippen LogP contribution in [-0.2, 0) is 5.75 Å². The van der Waals surface area contributed by atoms with Gasteiger partial charge in [0, 0.05) is 10.6 Å². The van der Waals surface area contributed by atoms with Crippen LogP contribution in [0, 0.1) is 0 Å². The van der Waals surface area contributed by atoms with E-state index in [4.69, 9.17) is 14.8 Å². The normalized spacial score (nSPS) is 10.3. The maximum Gasteiger partial charge on any atom is 0.488 e. The Bertz CT molecular complexity index is 546. The van der Waals surface area contributed by atoms with Crippen LogP contribution in [0.25, 0.3) is 0 Å².